The van der Waals surface area contributed by atoms with E-state index < -0.39 is 17.3 Å². The Hall–Kier alpha value is -3.87. The van der Waals surface area contributed by atoms with Gasteiger partial charge in [-0.1, -0.05) is 24.3 Å². The summed E-state index contributed by atoms with van der Waals surface area (Å²) in [7, 11) is 0. The average Bonchev–Trinajstić information content (AvgIpc) is 3.64. The maximum absolute atomic E-state index is 14.8. The lowest BCUT2D eigenvalue weighted by atomic mass is 10.0. The van der Waals surface area contributed by atoms with Crippen molar-refractivity contribution in [2.75, 3.05) is 0 Å². The number of aryl methyl sites for hydroxylation is 1. The molecule has 1 aliphatic carbocycles. The van der Waals surface area contributed by atoms with E-state index in [2.05, 4.69) is 10.3 Å². The molecule has 1 amide bonds. The van der Waals surface area contributed by atoms with Crippen molar-refractivity contribution < 1.29 is 13.6 Å². The second kappa shape index (κ2) is 8.48. The lowest BCUT2D eigenvalue weighted by molar-refractivity contribution is 0.0951. The van der Waals surface area contributed by atoms with Gasteiger partial charge in [-0.2, -0.15) is 0 Å². The van der Waals surface area contributed by atoms with Gasteiger partial charge in [0.25, 0.3) is 11.5 Å². The zero-order valence-corrected chi connectivity index (χ0v) is 18.9. The zero-order chi connectivity index (χ0) is 24.0. The van der Waals surface area contributed by atoms with Gasteiger partial charge in [0.15, 0.2) is 0 Å². The number of benzene rings is 2. The number of hydrogen-bond acceptors (Lipinski definition) is 3. The number of nitrogens with one attached hydrogen (secondary N) is 1. The van der Waals surface area contributed by atoms with Crippen molar-refractivity contribution in [3.8, 4) is 5.69 Å². The zero-order valence-electron chi connectivity index (χ0n) is 18.9. The van der Waals surface area contributed by atoms with Crippen molar-refractivity contribution in [1.82, 2.24) is 14.9 Å². The van der Waals surface area contributed by atoms with Crippen LogP contribution in [0.5, 0.6) is 0 Å². The van der Waals surface area contributed by atoms with E-state index in [0.29, 0.717) is 16.9 Å². The number of fused-ring (bicyclic) bond motifs is 1. The molecule has 5 nitrogen and oxygen atoms in total. The molecule has 172 valence electrons. The number of carbonyl (C=O) groups excluding carboxylic acids is 1. The lowest BCUT2D eigenvalue weighted by Crippen LogP contribution is -2.30. The van der Waals surface area contributed by atoms with E-state index >= 15 is 0 Å². The Morgan fingerprint density at radius 1 is 1.06 bits per heavy atom. The second-order valence-electron chi connectivity index (χ2n) is 8.69. The number of nitrogens with zero attached hydrogens (tertiary/aromatic N) is 2. The summed E-state index contributed by atoms with van der Waals surface area (Å²) in [5.41, 5.74) is 2.57. The minimum Gasteiger partial charge on any atom is -0.348 e. The highest BCUT2D eigenvalue weighted by atomic mass is 19.1. The third kappa shape index (κ3) is 3.77. The van der Waals surface area contributed by atoms with Gasteiger partial charge in [-0.3, -0.25) is 19.1 Å². The summed E-state index contributed by atoms with van der Waals surface area (Å²) in [5, 5.41) is 2.94. The van der Waals surface area contributed by atoms with E-state index in [1.165, 1.54) is 29.0 Å². The summed E-state index contributed by atoms with van der Waals surface area (Å²) in [4.78, 5) is 31.0. The van der Waals surface area contributed by atoms with Crippen molar-refractivity contribution in [2.45, 2.75) is 39.2 Å². The Labute approximate surface area is 195 Å². The molecule has 4 aromatic rings. The molecule has 1 saturated carbocycles. The number of carbonyl (C=O) groups is 1. The second-order valence-corrected chi connectivity index (χ2v) is 8.69. The van der Waals surface area contributed by atoms with Crippen LogP contribution in [-0.4, -0.2) is 15.5 Å². The number of aromatic nitrogens is 2. The fourth-order valence-corrected chi connectivity index (χ4v) is 4.54. The van der Waals surface area contributed by atoms with Gasteiger partial charge in [-0.05, 0) is 68.0 Å². The summed E-state index contributed by atoms with van der Waals surface area (Å²) in [6.45, 7) is 3.60. The van der Waals surface area contributed by atoms with Crippen LogP contribution in [0.25, 0.3) is 16.5 Å². The standard InChI is InChI=1S/C27H23F2N3O2/c1-15-9-12-19(14-30-15)32-16(2)23(20-6-4-8-22(29)25(20)27(32)34)26(33)31-13-18-5-3-7-21(28)24(18)17-10-11-17/h3-9,12,14,17H,10-11,13H2,1-2H3,(H,31,33). The third-order valence-corrected chi connectivity index (χ3v) is 6.35. The molecule has 0 bridgehead atoms. The molecule has 0 radical (unpaired) electrons. The van der Waals surface area contributed by atoms with Crippen molar-refractivity contribution in [2.24, 2.45) is 0 Å². The first-order valence-electron chi connectivity index (χ1n) is 11.2. The summed E-state index contributed by atoms with van der Waals surface area (Å²) in [6.07, 6.45) is 3.38. The van der Waals surface area contributed by atoms with Crippen molar-refractivity contribution in [3.63, 3.8) is 0 Å². The quantitative estimate of drug-likeness (QED) is 0.452. The Balaban J connectivity index is 1.61. The number of halogens is 2. The molecule has 0 atom stereocenters. The molecular formula is C27H23F2N3O2. The normalized spacial score (nSPS) is 13.3. The Morgan fingerprint density at radius 3 is 2.50 bits per heavy atom. The average molecular weight is 459 g/mol. The van der Waals surface area contributed by atoms with Gasteiger partial charge in [0, 0.05) is 23.3 Å². The van der Waals surface area contributed by atoms with E-state index in [-0.39, 0.29) is 34.6 Å². The van der Waals surface area contributed by atoms with Crippen LogP contribution in [-0.2, 0) is 6.54 Å². The number of hydrogen-bond donors (Lipinski definition) is 1. The van der Waals surface area contributed by atoms with Gasteiger partial charge < -0.3 is 5.32 Å². The summed E-state index contributed by atoms with van der Waals surface area (Å²) in [6, 6.07) is 12.6. The molecule has 2 heterocycles. The van der Waals surface area contributed by atoms with E-state index in [0.717, 1.165) is 24.1 Å². The van der Waals surface area contributed by atoms with Crippen molar-refractivity contribution >= 4 is 16.7 Å². The van der Waals surface area contributed by atoms with E-state index in [9.17, 15) is 18.4 Å². The molecule has 5 rings (SSSR count). The van der Waals surface area contributed by atoms with E-state index in [1.54, 1.807) is 37.3 Å². The van der Waals surface area contributed by atoms with Crippen LogP contribution >= 0.6 is 0 Å². The largest absolute Gasteiger partial charge is 0.348 e. The first-order valence-corrected chi connectivity index (χ1v) is 11.2. The molecule has 7 heteroatoms. The Kier molecular flexibility index (Phi) is 5.48. The van der Waals surface area contributed by atoms with Crippen LogP contribution in [0.3, 0.4) is 0 Å². The highest BCUT2D eigenvalue weighted by molar-refractivity contribution is 6.08. The minimum atomic E-state index is -0.702. The maximum Gasteiger partial charge on any atom is 0.266 e. The van der Waals surface area contributed by atoms with Crippen LogP contribution in [0.15, 0.2) is 59.5 Å². The highest BCUT2D eigenvalue weighted by Gasteiger charge is 2.29. The summed E-state index contributed by atoms with van der Waals surface area (Å²) < 4.78 is 30.6. The van der Waals surface area contributed by atoms with Gasteiger partial charge in [-0.15, -0.1) is 0 Å². The van der Waals surface area contributed by atoms with Crippen molar-refractivity contribution in [1.29, 1.82) is 0 Å². The molecule has 1 N–H and O–H groups in total. The van der Waals surface area contributed by atoms with Gasteiger partial charge in [0.1, 0.15) is 11.6 Å². The van der Waals surface area contributed by atoms with Crippen LogP contribution in [0, 0.1) is 25.5 Å². The molecule has 2 aromatic carbocycles. The monoisotopic (exact) mass is 459 g/mol. The molecular weight excluding hydrogens is 436 g/mol. The van der Waals surface area contributed by atoms with Crippen LogP contribution < -0.4 is 10.9 Å². The summed E-state index contributed by atoms with van der Waals surface area (Å²) in [5.74, 6) is -1.25. The van der Waals surface area contributed by atoms with E-state index in [1.807, 2.05) is 6.92 Å². The fraction of sp³-hybridized carbons (Fsp3) is 0.222. The first-order chi connectivity index (χ1) is 16.4. The van der Waals surface area contributed by atoms with E-state index in [4.69, 9.17) is 0 Å². The molecule has 1 fully saturated rings. The lowest BCUT2D eigenvalue weighted by Gasteiger charge is -2.18. The topological polar surface area (TPSA) is 64.0 Å². The minimum absolute atomic E-state index is 0.129. The molecule has 0 saturated heterocycles. The highest BCUT2D eigenvalue weighted by Crippen LogP contribution is 2.43. The van der Waals surface area contributed by atoms with Gasteiger partial charge in [0.05, 0.1) is 22.8 Å². The van der Waals surface area contributed by atoms with Crippen LogP contribution in [0.4, 0.5) is 8.78 Å². The van der Waals surface area contributed by atoms with Crippen LogP contribution in [0.1, 0.15) is 51.6 Å². The summed E-state index contributed by atoms with van der Waals surface area (Å²) >= 11 is 0. The smallest absolute Gasteiger partial charge is 0.266 e. The molecule has 0 unspecified atom stereocenters. The third-order valence-electron chi connectivity index (χ3n) is 6.35. The molecule has 0 spiro atoms. The maximum atomic E-state index is 14.8. The van der Waals surface area contributed by atoms with Crippen LogP contribution in [0.2, 0.25) is 0 Å². The predicted molar refractivity (Wildman–Crippen MR) is 126 cm³/mol. The Bertz CT molecular complexity index is 1490. The first kappa shape index (κ1) is 21.9. The van der Waals surface area contributed by atoms with Gasteiger partial charge in [-0.25, -0.2) is 8.78 Å². The van der Waals surface area contributed by atoms with Gasteiger partial charge in [0.2, 0.25) is 0 Å². The molecule has 34 heavy (non-hydrogen) atoms. The molecule has 2 aromatic heterocycles. The Morgan fingerprint density at radius 2 is 1.79 bits per heavy atom. The SMILES string of the molecule is Cc1ccc(-n2c(C)c(C(=O)NCc3cccc(F)c3C3CC3)c3cccc(F)c3c2=O)cn1. The predicted octanol–water partition coefficient (Wildman–Crippen LogP) is 5.09. The molecule has 0 aliphatic heterocycles. The van der Waals surface area contributed by atoms with Gasteiger partial charge >= 0.3 is 0 Å². The fourth-order valence-electron chi connectivity index (χ4n) is 4.54. The number of rotatable bonds is 5. The van der Waals surface area contributed by atoms with Crippen molar-refractivity contribution in [3.05, 3.63) is 105 Å². The number of amides is 1. The number of pyridine rings is 2. The molecule has 1 aliphatic rings.